The van der Waals surface area contributed by atoms with Crippen LogP contribution in [0.4, 0.5) is 25.2 Å². The van der Waals surface area contributed by atoms with Crippen molar-refractivity contribution in [2.75, 3.05) is 32.2 Å². The van der Waals surface area contributed by atoms with Gasteiger partial charge in [0.2, 0.25) is 0 Å². The zero-order valence-corrected chi connectivity index (χ0v) is 27.2. The number of carbonyl (C=O) groups excluding carboxylic acids is 2. The molecule has 0 radical (unpaired) electrons. The molecule has 4 heterocycles. The van der Waals surface area contributed by atoms with Crippen molar-refractivity contribution in [1.29, 1.82) is 0 Å². The molecule has 2 aliphatic heterocycles. The van der Waals surface area contributed by atoms with Crippen molar-refractivity contribution >= 4 is 35.3 Å². The maximum absolute atomic E-state index is 16.2. The zero-order chi connectivity index (χ0) is 33.4. The van der Waals surface area contributed by atoms with E-state index in [2.05, 4.69) is 15.4 Å². The fourth-order valence-corrected chi connectivity index (χ4v) is 5.94. The molecule has 2 unspecified atom stereocenters. The number of benzene rings is 1. The number of aromatic nitrogens is 3. The third kappa shape index (κ3) is 7.33. The summed E-state index contributed by atoms with van der Waals surface area (Å²) in [5.74, 6) is -1.64. The first-order chi connectivity index (χ1) is 21.7. The van der Waals surface area contributed by atoms with E-state index in [1.54, 1.807) is 45.9 Å². The number of rotatable bonds is 8. The number of piperidine rings is 1. The minimum Gasteiger partial charge on any atom is -0.469 e. The minimum absolute atomic E-state index is 0.00469. The number of hydrogen-bond acceptors (Lipinski definition) is 10. The Kier molecular flexibility index (Phi) is 9.69. The summed E-state index contributed by atoms with van der Waals surface area (Å²) in [6.07, 6.45) is 0.161. The highest BCUT2D eigenvalue weighted by molar-refractivity contribution is 6.30. The lowest BCUT2D eigenvalue weighted by molar-refractivity contribution is -0.186. The molecule has 14 heteroatoms. The Morgan fingerprint density at radius 1 is 1.20 bits per heavy atom. The van der Waals surface area contributed by atoms with Crippen LogP contribution in [0.25, 0.3) is 0 Å². The lowest BCUT2D eigenvalue weighted by Crippen LogP contribution is -2.48. The number of methoxy groups -OCH3 is 1. The molecule has 0 amide bonds. The lowest BCUT2D eigenvalue weighted by atomic mass is 9.86. The molecule has 1 aromatic carbocycles. The Hall–Kier alpha value is -3.65. The smallest absolute Gasteiger partial charge is 0.435 e. The van der Waals surface area contributed by atoms with Crippen LogP contribution in [0, 0.1) is 24.5 Å². The molecule has 2 fully saturated rings. The summed E-state index contributed by atoms with van der Waals surface area (Å²) in [5.41, 5.74) is -1.43. The monoisotopic (exact) mass is 661 g/mol. The average molecular weight is 662 g/mol. The highest BCUT2D eigenvalue weighted by atomic mass is 35.5. The number of carbonyl (C=O) groups is 2. The molecule has 0 spiro atoms. The van der Waals surface area contributed by atoms with Crippen LogP contribution in [0.15, 0.2) is 30.3 Å². The highest BCUT2D eigenvalue weighted by Crippen LogP contribution is 2.36. The number of aryl methyl sites for hydroxylation is 1. The second-order valence-corrected chi connectivity index (χ2v) is 13.2. The fourth-order valence-electron chi connectivity index (χ4n) is 5.74. The zero-order valence-electron chi connectivity index (χ0n) is 26.4. The van der Waals surface area contributed by atoms with Crippen LogP contribution in [-0.2, 0) is 37.6 Å². The quantitative estimate of drug-likeness (QED) is 0.309. The molecule has 3 aromatic rings. The van der Waals surface area contributed by atoms with Crippen molar-refractivity contribution in [3.05, 3.63) is 69.5 Å². The van der Waals surface area contributed by atoms with Gasteiger partial charge in [0, 0.05) is 41.9 Å². The summed E-state index contributed by atoms with van der Waals surface area (Å²) in [6.45, 7) is 7.31. The number of nitrogens with zero attached hydrogens (tertiary/aromatic N) is 4. The van der Waals surface area contributed by atoms with Crippen LogP contribution >= 0.6 is 11.6 Å². The molecule has 0 aliphatic carbocycles. The number of halogens is 3. The molecule has 5 rings (SSSR count). The van der Waals surface area contributed by atoms with Crippen molar-refractivity contribution in [3.8, 4) is 0 Å². The molecule has 248 valence electrons. The third-order valence-corrected chi connectivity index (χ3v) is 8.42. The fraction of sp³-hybridized carbons (Fsp3) is 0.500. The van der Waals surface area contributed by atoms with Crippen molar-refractivity contribution in [2.45, 2.75) is 70.7 Å². The maximum Gasteiger partial charge on any atom is 0.435 e. The van der Waals surface area contributed by atoms with Crippen LogP contribution in [-0.4, -0.2) is 75.3 Å². The van der Waals surface area contributed by atoms with Crippen LogP contribution in [0.1, 0.15) is 56.1 Å². The van der Waals surface area contributed by atoms with Crippen LogP contribution < -0.4 is 5.32 Å². The van der Waals surface area contributed by atoms with E-state index in [1.165, 1.54) is 19.2 Å². The molecule has 2 aromatic heterocycles. The molecule has 0 bridgehead atoms. The van der Waals surface area contributed by atoms with Crippen molar-refractivity contribution < 1.29 is 37.7 Å². The van der Waals surface area contributed by atoms with E-state index in [4.69, 9.17) is 25.8 Å². The van der Waals surface area contributed by atoms with Gasteiger partial charge >= 0.3 is 12.1 Å². The van der Waals surface area contributed by atoms with Crippen molar-refractivity contribution in [2.24, 2.45) is 5.92 Å². The number of hydrogen-bond donors (Lipinski definition) is 2. The van der Waals surface area contributed by atoms with E-state index >= 15 is 4.39 Å². The number of aliphatic hydroxyl groups is 1. The molecule has 2 saturated heterocycles. The van der Waals surface area contributed by atoms with Gasteiger partial charge in [0.25, 0.3) is 0 Å². The summed E-state index contributed by atoms with van der Waals surface area (Å²) < 4.78 is 47.9. The number of nitrogens with one attached hydrogen (secondary N) is 1. The normalized spacial score (nSPS) is 19.8. The van der Waals surface area contributed by atoms with E-state index in [0.29, 0.717) is 30.6 Å². The van der Waals surface area contributed by atoms with Crippen LogP contribution in [0.3, 0.4) is 0 Å². The maximum atomic E-state index is 16.2. The second-order valence-electron chi connectivity index (χ2n) is 12.8. The number of pyridine rings is 1. The Labute approximate surface area is 270 Å². The topological polar surface area (TPSA) is 128 Å². The molecule has 2 N–H and O–H groups in total. The lowest BCUT2D eigenvalue weighted by Gasteiger charge is -2.39. The number of esters is 1. The van der Waals surface area contributed by atoms with Gasteiger partial charge in [-0.25, -0.2) is 18.6 Å². The SMILES string of the molecule is COC(=O)C1CCN(Cc2cccc(Cl)c2F)C(Cc2nc(Nc3cc(C)n(C(=O)OC(C)(C)C)n3)cc(C3(O)COC3)c2F)C1. The minimum atomic E-state index is -1.57. The number of anilines is 2. The van der Waals surface area contributed by atoms with Gasteiger partial charge in [-0.3, -0.25) is 9.69 Å². The van der Waals surface area contributed by atoms with Crippen LogP contribution in [0.2, 0.25) is 5.02 Å². The first-order valence-electron chi connectivity index (χ1n) is 15.0. The first-order valence-corrected chi connectivity index (χ1v) is 15.4. The van der Waals surface area contributed by atoms with Gasteiger partial charge in [-0.05, 0) is 59.2 Å². The summed E-state index contributed by atoms with van der Waals surface area (Å²) in [5, 5.41) is 18.5. The standard InChI is InChI=1S/C32H38ClF2N5O6/c1-18-11-26(38-40(18)30(42)46-31(2,3)4)37-25-14-22(32(43)16-45-17-32)28(35)24(36-25)13-21-12-19(29(41)44-5)9-10-39(21)15-20-7-6-8-23(33)27(20)34/h6-8,11,14,19,21,43H,9-10,12-13,15-17H2,1-5H3,(H,36,37,38). The molecule has 11 nitrogen and oxygen atoms in total. The summed E-state index contributed by atoms with van der Waals surface area (Å²) >= 11 is 6.03. The number of ether oxygens (including phenoxy) is 3. The summed E-state index contributed by atoms with van der Waals surface area (Å²) in [7, 11) is 1.32. The summed E-state index contributed by atoms with van der Waals surface area (Å²) in [4.78, 5) is 31.7. The van der Waals surface area contributed by atoms with Gasteiger partial charge in [0.05, 0.1) is 37.0 Å². The molecule has 0 saturated carbocycles. The van der Waals surface area contributed by atoms with Gasteiger partial charge in [0.1, 0.15) is 22.8 Å². The molecule has 2 atom stereocenters. The third-order valence-electron chi connectivity index (χ3n) is 8.13. The number of likely N-dealkylation sites (tertiary alicyclic amines) is 1. The Balaban J connectivity index is 1.48. The molecular weight excluding hydrogens is 624 g/mol. The molecule has 2 aliphatic rings. The Morgan fingerprint density at radius 2 is 1.93 bits per heavy atom. The van der Waals surface area contributed by atoms with Gasteiger partial charge in [-0.1, -0.05) is 23.7 Å². The van der Waals surface area contributed by atoms with E-state index in [0.717, 1.165) is 4.68 Å². The van der Waals surface area contributed by atoms with Gasteiger partial charge in [-0.2, -0.15) is 4.68 Å². The van der Waals surface area contributed by atoms with E-state index in [1.807, 2.05) is 4.90 Å². The van der Waals surface area contributed by atoms with E-state index in [-0.39, 0.29) is 60.1 Å². The predicted octanol–water partition coefficient (Wildman–Crippen LogP) is 5.26. The van der Waals surface area contributed by atoms with E-state index < -0.39 is 40.9 Å². The predicted molar refractivity (Wildman–Crippen MR) is 165 cm³/mol. The summed E-state index contributed by atoms with van der Waals surface area (Å²) in [6, 6.07) is 7.32. The average Bonchev–Trinajstić information content (AvgIpc) is 3.35. The van der Waals surface area contributed by atoms with Crippen molar-refractivity contribution in [1.82, 2.24) is 19.7 Å². The van der Waals surface area contributed by atoms with Gasteiger partial charge in [-0.15, -0.1) is 5.10 Å². The molecule has 46 heavy (non-hydrogen) atoms. The molecular formula is C32H38ClF2N5O6. The first kappa shape index (κ1) is 33.7. The van der Waals surface area contributed by atoms with Gasteiger partial charge < -0.3 is 24.6 Å². The Bertz CT molecular complexity index is 1620. The largest absolute Gasteiger partial charge is 0.469 e. The van der Waals surface area contributed by atoms with Gasteiger partial charge in [0.15, 0.2) is 11.6 Å². The van der Waals surface area contributed by atoms with Crippen molar-refractivity contribution in [3.63, 3.8) is 0 Å². The van der Waals surface area contributed by atoms with E-state index in [9.17, 15) is 19.1 Å². The highest BCUT2D eigenvalue weighted by Gasteiger charge is 2.42. The Morgan fingerprint density at radius 3 is 2.59 bits per heavy atom. The second kappa shape index (κ2) is 13.2. The van der Waals surface area contributed by atoms with Crippen LogP contribution in [0.5, 0.6) is 0 Å².